The molecular weight excluding hydrogens is 488 g/mol. The second kappa shape index (κ2) is 15.0. The summed E-state index contributed by atoms with van der Waals surface area (Å²) in [5.41, 5.74) is 3.37. The van der Waals surface area contributed by atoms with E-state index < -0.39 is 48.2 Å². The van der Waals surface area contributed by atoms with Gasteiger partial charge < -0.3 is 29.2 Å². The molecule has 0 spiro atoms. The van der Waals surface area contributed by atoms with Gasteiger partial charge in [0, 0.05) is 13.8 Å². The van der Waals surface area contributed by atoms with Gasteiger partial charge in [-0.3, -0.25) is 9.59 Å². The largest absolute Gasteiger partial charge is 0.463 e. The summed E-state index contributed by atoms with van der Waals surface area (Å²) in [6.45, 7) is 12.7. The predicted molar refractivity (Wildman–Crippen MR) is 145 cm³/mol. The zero-order valence-electron chi connectivity index (χ0n) is 24.2. The van der Waals surface area contributed by atoms with Crippen molar-refractivity contribution in [1.82, 2.24) is 0 Å². The number of hydrogen-bond acceptors (Lipinski definition) is 8. The summed E-state index contributed by atoms with van der Waals surface area (Å²) in [7, 11) is 0. The van der Waals surface area contributed by atoms with Crippen molar-refractivity contribution in [2.75, 3.05) is 6.61 Å². The fourth-order valence-corrected chi connectivity index (χ4v) is 4.96. The third kappa shape index (κ3) is 10.3. The van der Waals surface area contributed by atoms with E-state index in [0.717, 1.165) is 44.9 Å². The van der Waals surface area contributed by atoms with E-state index in [2.05, 4.69) is 39.0 Å². The molecule has 2 rings (SSSR count). The van der Waals surface area contributed by atoms with E-state index >= 15 is 0 Å². The summed E-state index contributed by atoms with van der Waals surface area (Å²) >= 11 is 0. The fraction of sp³-hybridized carbons (Fsp3) is 0.733. The number of esters is 2. The quantitative estimate of drug-likeness (QED) is 0.363. The van der Waals surface area contributed by atoms with Gasteiger partial charge in [0.1, 0.15) is 24.9 Å². The molecule has 0 aromatic carbocycles. The van der Waals surface area contributed by atoms with Gasteiger partial charge in [0.25, 0.3) is 0 Å². The average molecular weight is 537 g/mol. The van der Waals surface area contributed by atoms with E-state index in [-0.39, 0.29) is 12.5 Å². The molecule has 0 amide bonds. The maximum Gasteiger partial charge on any atom is 0.303 e. The molecule has 1 aliphatic heterocycles. The van der Waals surface area contributed by atoms with E-state index in [1.54, 1.807) is 0 Å². The van der Waals surface area contributed by atoms with Gasteiger partial charge in [-0.25, -0.2) is 0 Å². The van der Waals surface area contributed by atoms with Gasteiger partial charge >= 0.3 is 11.9 Å². The minimum absolute atomic E-state index is 0.104. The number of carbonyl (C=O) groups excluding carboxylic acids is 2. The minimum Gasteiger partial charge on any atom is -0.463 e. The molecule has 2 N–H and O–H groups in total. The van der Waals surface area contributed by atoms with Crippen LogP contribution in [0.2, 0.25) is 0 Å². The number of aliphatic hydroxyl groups excluding tert-OH is 2. The molecule has 8 heteroatoms. The van der Waals surface area contributed by atoms with Gasteiger partial charge in [-0.15, -0.1) is 0 Å². The van der Waals surface area contributed by atoms with Gasteiger partial charge in [0.15, 0.2) is 12.4 Å². The third-order valence-corrected chi connectivity index (χ3v) is 7.50. The summed E-state index contributed by atoms with van der Waals surface area (Å²) in [4.78, 5) is 23.0. The summed E-state index contributed by atoms with van der Waals surface area (Å²) < 4.78 is 22.6. The van der Waals surface area contributed by atoms with Crippen LogP contribution in [0.25, 0.3) is 0 Å². The summed E-state index contributed by atoms with van der Waals surface area (Å²) in [5, 5.41) is 21.7. The number of carbonyl (C=O) groups is 2. The third-order valence-electron chi connectivity index (χ3n) is 7.50. The average Bonchev–Trinajstić information content (AvgIpc) is 2.81. The van der Waals surface area contributed by atoms with E-state index in [4.69, 9.17) is 18.9 Å². The van der Waals surface area contributed by atoms with Crippen LogP contribution in [0.5, 0.6) is 0 Å². The molecule has 1 heterocycles. The molecule has 0 saturated carbocycles. The normalized spacial score (nSPS) is 34.4. The lowest BCUT2D eigenvalue weighted by atomic mass is 9.82. The highest BCUT2D eigenvalue weighted by Gasteiger charge is 2.49. The SMILES string of the molecule is CC(=O)OC[C@H]1O[C@@H](OC(C)(C)[C@@H]2C/C=C(\C)CC/C=C(\C)CC/C=C(\C)CC2)[C@H](O)[C@@H](O)[C@@H]1OC(C)=O. The van der Waals surface area contributed by atoms with Crippen molar-refractivity contribution in [1.29, 1.82) is 0 Å². The van der Waals surface area contributed by atoms with Crippen molar-refractivity contribution >= 4 is 11.9 Å². The highest BCUT2D eigenvalue weighted by molar-refractivity contribution is 5.66. The molecule has 38 heavy (non-hydrogen) atoms. The van der Waals surface area contributed by atoms with Crippen LogP contribution in [0.1, 0.15) is 93.4 Å². The van der Waals surface area contributed by atoms with Gasteiger partial charge in [-0.2, -0.15) is 0 Å². The first-order valence-electron chi connectivity index (χ1n) is 13.8. The number of aliphatic hydroxyl groups is 2. The molecule has 8 nitrogen and oxygen atoms in total. The molecule has 6 atom stereocenters. The van der Waals surface area contributed by atoms with Crippen LogP contribution in [0.4, 0.5) is 0 Å². The molecule has 0 aromatic rings. The molecule has 216 valence electrons. The van der Waals surface area contributed by atoms with Gasteiger partial charge in [0.05, 0.1) is 5.60 Å². The monoisotopic (exact) mass is 536 g/mol. The topological polar surface area (TPSA) is 112 Å². The van der Waals surface area contributed by atoms with Crippen LogP contribution in [0.15, 0.2) is 34.9 Å². The zero-order chi connectivity index (χ0) is 28.5. The lowest BCUT2D eigenvalue weighted by Crippen LogP contribution is -2.62. The molecule has 0 radical (unpaired) electrons. The van der Waals surface area contributed by atoms with Crippen LogP contribution in [0, 0.1) is 5.92 Å². The van der Waals surface area contributed by atoms with Crippen LogP contribution in [-0.2, 0) is 28.5 Å². The second-order valence-corrected chi connectivity index (χ2v) is 11.3. The number of allylic oxidation sites excluding steroid dienone is 6. The van der Waals surface area contributed by atoms with Crippen molar-refractivity contribution in [2.45, 2.75) is 130 Å². The predicted octanol–water partition coefficient (Wildman–Crippen LogP) is 4.92. The Kier molecular flexibility index (Phi) is 12.7. The Hall–Kier alpha value is -2.00. The smallest absolute Gasteiger partial charge is 0.303 e. The van der Waals surface area contributed by atoms with Gasteiger partial charge in [-0.1, -0.05) is 34.9 Å². The lowest BCUT2D eigenvalue weighted by Gasteiger charge is -2.45. The van der Waals surface area contributed by atoms with Crippen molar-refractivity contribution in [3.63, 3.8) is 0 Å². The Morgan fingerprint density at radius 1 is 0.921 bits per heavy atom. The van der Waals surface area contributed by atoms with E-state index in [0.29, 0.717) is 0 Å². The highest BCUT2D eigenvalue weighted by Crippen LogP contribution is 2.35. The standard InChI is InChI=1S/C30H48O8/c1-19-10-8-12-20(2)14-16-24(17-15-21(3)13-9-11-19)30(6,7)38-29-27(34)26(33)28(36-23(5)32)25(37-29)18-35-22(4)31/h10,13-14,24-29,33-34H,8-9,11-12,15-18H2,1-7H3/b19-10+,20-14+,21-13+/t24-,25-,26-,27-,28-,29+/m1/s1. The zero-order valence-corrected chi connectivity index (χ0v) is 24.2. The van der Waals surface area contributed by atoms with E-state index in [9.17, 15) is 19.8 Å². The van der Waals surface area contributed by atoms with Crippen molar-refractivity contribution in [3.8, 4) is 0 Å². The first-order chi connectivity index (χ1) is 17.8. The molecule has 0 bridgehead atoms. The molecule has 0 aromatic heterocycles. The Bertz CT molecular complexity index is 887. The summed E-state index contributed by atoms with van der Waals surface area (Å²) in [5.74, 6) is -1.08. The highest BCUT2D eigenvalue weighted by atomic mass is 16.7. The molecule has 1 saturated heterocycles. The number of hydrogen-bond donors (Lipinski definition) is 2. The Morgan fingerprint density at radius 3 is 2.08 bits per heavy atom. The van der Waals surface area contributed by atoms with Crippen LogP contribution in [0.3, 0.4) is 0 Å². The first kappa shape index (κ1) is 32.2. The maximum absolute atomic E-state index is 11.6. The van der Waals surface area contributed by atoms with Crippen LogP contribution in [-0.4, -0.2) is 65.1 Å². The Labute approximate surface area is 228 Å². The molecule has 2 aliphatic rings. The van der Waals surface area contributed by atoms with Gasteiger partial charge in [0.2, 0.25) is 0 Å². The van der Waals surface area contributed by atoms with Crippen LogP contribution < -0.4 is 0 Å². The van der Waals surface area contributed by atoms with Gasteiger partial charge in [-0.05, 0) is 85.5 Å². The van der Waals surface area contributed by atoms with E-state index in [1.165, 1.54) is 30.6 Å². The summed E-state index contributed by atoms with van der Waals surface area (Å²) in [6.07, 6.45) is 7.33. The fourth-order valence-electron chi connectivity index (χ4n) is 4.96. The van der Waals surface area contributed by atoms with Crippen molar-refractivity contribution in [2.24, 2.45) is 5.92 Å². The summed E-state index contributed by atoms with van der Waals surface area (Å²) in [6, 6.07) is 0. The molecule has 0 unspecified atom stereocenters. The Morgan fingerprint density at radius 2 is 1.50 bits per heavy atom. The number of ether oxygens (including phenoxy) is 4. The number of rotatable bonds is 6. The maximum atomic E-state index is 11.6. The Balaban J connectivity index is 2.24. The van der Waals surface area contributed by atoms with E-state index in [1.807, 2.05) is 13.8 Å². The van der Waals surface area contributed by atoms with Crippen molar-refractivity contribution in [3.05, 3.63) is 34.9 Å². The molecule has 1 fully saturated rings. The first-order valence-corrected chi connectivity index (χ1v) is 13.8. The lowest BCUT2D eigenvalue weighted by molar-refractivity contribution is -0.329. The second-order valence-electron chi connectivity index (χ2n) is 11.3. The molecular formula is C30H48O8. The molecule has 1 aliphatic carbocycles. The van der Waals surface area contributed by atoms with Crippen LogP contribution >= 0.6 is 0 Å². The minimum atomic E-state index is -1.47. The van der Waals surface area contributed by atoms with Crippen molar-refractivity contribution < 1.29 is 38.7 Å².